The second-order valence-electron chi connectivity index (χ2n) is 16.8. The Labute approximate surface area is 361 Å². The highest BCUT2D eigenvalue weighted by atomic mass is 32.2. The van der Waals surface area contributed by atoms with Crippen molar-refractivity contribution in [2.45, 2.75) is 115 Å². The number of sulfonamides is 1. The van der Waals surface area contributed by atoms with E-state index in [9.17, 15) is 35.2 Å². The zero-order valence-electron chi connectivity index (χ0n) is 37.6. The Morgan fingerprint density at radius 3 is 1.31 bits per heavy atom. The van der Waals surface area contributed by atoms with Gasteiger partial charge in [-0.1, -0.05) is 55.4 Å². The molecule has 0 aliphatic rings. The van der Waals surface area contributed by atoms with Crippen LogP contribution in [0.5, 0.6) is 0 Å². The summed E-state index contributed by atoms with van der Waals surface area (Å²) in [5.74, 6) is -2.26. The molecule has 2 aromatic heterocycles. The maximum Gasteiger partial charge on any atom is 0.307 e. The molecular formula is C43H65F2N7O7S2. The van der Waals surface area contributed by atoms with Crippen molar-refractivity contribution in [2.24, 2.45) is 5.14 Å². The number of carboxylic acid groups (broad SMARTS) is 1. The van der Waals surface area contributed by atoms with Crippen LogP contribution in [-0.2, 0) is 55.4 Å². The van der Waals surface area contributed by atoms with E-state index >= 15 is 0 Å². The lowest BCUT2D eigenvalue weighted by atomic mass is 9.86. The molecule has 0 fully saturated rings. The van der Waals surface area contributed by atoms with Crippen LogP contribution in [0.25, 0.3) is 0 Å². The average Bonchev–Trinajstić information content (AvgIpc) is 3.82. The molecule has 14 nitrogen and oxygen atoms in total. The average molecular weight is 894 g/mol. The maximum absolute atomic E-state index is 14.1. The Bertz CT molecular complexity index is 2240. The zero-order chi connectivity index (χ0) is 46.6. The minimum absolute atomic E-state index is 0.0185. The standard InChI is InChI=1S/C22H32FN3O3S.C14H19FO2.C7H14N4O2S/c1-15(2)19-11-17(23)12-20(16(3)4)21(19)13-18(27)14-30(28,29)22-7-8-26(24-22)10-9-25(5)6;1-8(2)11-5-10(15)6-12(9(3)4)13(11)7-14(16)17;1-10(2)5-6-11-4-3-7(9-11)14(8,12)13/h7-8,11-12,15-16H,9-10,13-14H2,1-6H3;5-6,8-9H,7H2,1-4H3,(H,16,17);3-4H,5-6H2,1-2H3,(H2,8,12,13). The number of benzene rings is 2. The predicted molar refractivity (Wildman–Crippen MR) is 234 cm³/mol. The molecule has 0 unspecified atom stereocenters. The van der Waals surface area contributed by atoms with Crippen molar-refractivity contribution in [1.82, 2.24) is 29.4 Å². The van der Waals surface area contributed by atoms with Gasteiger partial charge in [-0.05, 0) is 122 Å². The summed E-state index contributed by atoms with van der Waals surface area (Å²) < 4.78 is 77.9. The van der Waals surface area contributed by atoms with Crippen LogP contribution in [0.1, 0.15) is 112 Å². The van der Waals surface area contributed by atoms with Crippen molar-refractivity contribution in [3.63, 3.8) is 0 Å². The molecule has 2 heterocycles. The van der Waals surface area contributed by atoms with Crippen LogP contribution < -0.4 is 5.14 Å². The fourth-order valence-corrected chi connectivity index (χ4v) is 8.01. The monoisotopic (exact) mass is 893 g/mol. The highest BCUT2D eigenvalue weighted by Crippen LogP contribution is 2.31. The summed E-state index contributed by atoms with van der Waals surface area (Å²) in [5.41, 5.74) is 4.60. The van der Waals surface area contributed by atoms with Gasteiger partial charge in [-0.2, -0.15) is 10.2 Å². The van der Waals surface area contributed by atoms with Gasteiger partial charge in [0, 0.05) is 31.9 Å². The topological polar surface area (TPSA) is 191 Å². The molecule has 4 rings (SSSR count). The number of Topliss-reactive ketones (excluding diaryl/α,β-unsaturated/α-hetero) is 1. The number of sulfone groups is 1. The Hall–Kier alpha value is -4.36. The summed E-state index contributed by atoms with van der Waals surface area (Å²) in [6.45, 7) is 18.3. The molecule has 0 radical (unpaired) electrons. The first-order chi connectivity index (χ1) is 28.1. The van der Waals surface area contributed by atoms with E-state index < -0.39 is 37.4 Å². The van der Waals surface area contributed by atoms with Gasteiger partial charge in [0.15, 0.2) is 15.8 Å². The van der Waals surface area contributed by atoms with Crippen molar-refractivity contribution in [2.75, 3.05) is 47.0 Å². The lowest BCUT2D eigenvalue weighted by Gasteiger charge is -2.19. The van der Waals surface area contributed by atoms with Gasteiger partial charge in [-0.25, -0.2) is 30.8 Å². The van der Waals surface area contributed by atoms with Gasteiger partial charge in [0.2, 0.25) is 9.84 Å². The molecule has 3 N–H and O–H groups in total. The van der Waals surface area contributed by atoms with Crippen molar-refractivity contribution in [3.8, 4) is 0 Å². The summed E-state index contributed by atoms with van der Waals surface area (Å²) >= 11 is 0. The smallest absolute Gasteiger partial charge is 0.307 e. The Morgan fingerprint density at radius 2 is 1.00 bits per heavy atom. The molecule has 0 saturated heterocycles. The number of carbonyl (C=O) groups excluding carboxylic acids is 1. The van der Waals surface area contributed by atoms with E-state index in [1.807, 2.05) is 93.4 Å². The largest absolute Gasteiger partial charge is 0.481 e. The third-order valence-corrected chi connectivity index (χ3v) is 11.9. The summed E-state index contributed by atoms with van der Waals surface area (Å²) in [4.78, 5) is 27.6. The van der Waals surface area contributed by atoms with Crippen molar-refractivity contribution in [1.29, 1.82) is 0 Å². The number of carboxylic acids is 1. The lowest BCUT2D eigenvalue weighted by molar-refractivity contribution is -0.136. The van der Waals surface area contributed by atoms with E-state index in [1.54, 1.807) is 21.8 Å². The molecule has 18 heteroatoms. The number of primary sulfonamides is 1. The summed E-state index contributed by atoms with van der Waals surface area (Å²) in [6, 6.07) is 8.62. The highest BCUT2D eigenvalue weighted by Gasteiger charge is 2.25. The van der Waals surface area contributed by atoms with Crippen LogP contribution in [0.3, 0.4) is 0 Å². The quantitative estimate of drug-likeness (QED) is 0.116. The van der Waals surface area contributed by atoms with Crippen LogP contribution in [0.2, 0.25) is 0 Å². The maximum atomic E-state index is 14.1. The third-order valence-electron chi connectivity index (χ3n) is 9.50. The number of nitrogens with zero attached hydrogens (tertiary/aromatic N) is 6. The molecular weight excluding hydrogens is 829 g/mol. The van der Waals surface area contributed by atoms with Gasteiger partial charge in [0.1, 0.15) is 17.4 Å². The molecule has 0 amide bonds. The minimum Gasteiger partial charge on any atom is -0.481 e. The Balaban J connectivity index is 0.000000348. The predicted octanol–water partition coefficient (Wildman–Crippen LogP) is 6.21. The molecule has 0 saturated carbocycles. The number of aliphatic carboxylic acids is 1. The molecule has 2 aromatic carbocycles. The van der Waals surface area contributed by atoms with Crippen LogP contribution >= 0.6 is 0 Å². The third kappa shape index (κ3) is 17.1. The number of rotatable bonds is 18. The summed E-state index contributed by atoms with van der Waals surface area (Å²) in [7, 11) is 0.208. The number of likely N-dealkylation sites (N-methyl/N-ethyl adjacent to an activating group) is 2. The fraction of sp³-hybridized carbons (Fsp3) is 0.535. The highest BCUT2D eigenvalue weighted by molar-refractivity contribution is 7.92. The van der Waals surface area contributed by atoms with E-state index in [2.05, 4.69) is 10.2 Å². The molecule has 0 spiro atoms. The van der Waals surface area contributed by atoms with E-state index in [1.165, 1.54) is 36.4 Å². The number of halogens is 2. The number of nitrogens with two attached hydrogens (primary N) is 1. The van der Waals surface area contributed by atoms with Gasteiger partial charge in [0.25, 0.3) is 10.0 Å². The molecule has 61 heavy (non-hydrogen) atoms. The van der Waals surface area contributed by atoms with Crippen LogP contribution in [0, 0.1) is 11.6 Å². The van der Waals surface area contributed by atoms with E-state index in [0.717, 1.165) is 46.5 Å². The summed E-state index contributed by atoms with van der Waals surface area (Å²) in [6.07, 6.45) is 3.13. The molecule has 340 valence electrons. The van der Waals surface area contributed by atoms with E-state index in [4.69, 9.17) is 10.2 Å². The first-order valence-electron chi connectivity index (χ1n) is 20.1. The number of carbonyl (C=O) groups is 2. The van der Waals surface area contributed by atoms with Gasteiger partial charge < -0.3 is 14.9 Å². The molecule has 4 aromatic rings. The van der Waals surface area contributed by atoms with E-state index in [0.29, 0.717) is 13.1 Å². The van der Waals surface area contributed by atoms with Gasteiger partial charge in [0.05, 0.1) is 19.5 Å². The fourth-order valence-electron chi connectivity index (χ4n) is 6.37. The van der Waals surface area contributed by atoms with Crippen LogP contribution in [0.15, 0.2) is 58.8 Å². The Morgan fingerprint density at radius 1 is 0.656 bits per heavy atom. The van der Waals surface area contributed by atoms with Crippen molar-refractivity contribution < 1.29 is 40.3 Å². The zero-order valence-corrected chi connectivity index (χ0v) is 39.2. The van der Waals surface area contributed by atoms with Crippen molar-refractivity contribution >= 4 is 31.6 Å². The number of hydrogen-bond donors (Lipinski definition) is 2. The minimum atomic E-state index is -3.84. The van der Waals surface area contributed by atoms with Crippen LogP contribution in [0.4, 0.5) is 8.78 Å². The summed E-state index contributed by atoms with van der Waals surface area (Å²) in [5, 5.41) is 21.6. The van der Waals surface area contributed by atoms with Crippen molar-refractivity contribution in [3.05, 3.63) is 93.8 Å². The lowest BCUT2D eigenvalue weighted by Crippen LogP contribution is -2.21. The number of hydrogen-bond acceptors (Lipinski definition) is 10. The SMILES string of the molecule is CC(C)c1cc(F)cc(C(C)C)c1CC(=O)CS(=O)(=O)c1ccn(CCN(C)C)n1.CC(C)c1cc(F)cc(C(C)C)c1CC(=O)O.CN(C)CCn1ccc(S(N)(=O)=O)n1. The molecule has 0 bridgehead atoms. The second-order valence-corrected chi connectivity index (χ2v) is 20.2. The molecule has 0 aliphatic heterocycles. The van der Waals surface area contributed by atoms with E-state index in [-0.39, 0.29) is 58.2 Å². The van der Waals surface area contributed by atoms with Gasteiger partial charge >= 0.3 is 5.97 Å². The second kappa shape index (κ2) is 23.2. The van der Waals surface area contributed by atoms with Gasteiger partial charge in [-0.3, -0.25) is 19.0 Å². The number of ketones is 1. The normalized spacial score (nSPS) is 12.0. The molecule has 0 aliphatic carbocycles. The first kappa shape index (κ1) is 52.8. The van der Waals surface area contributed by atoms with Gasteiger partial charge in [-0.15, -0.1) is 0 Å². The Kier molecular flexibility index (Phi) is 20.1. The number of aromatic nitrogens is 4. The first-order valence-corrected chi connectivity index (χ1v) is 23.3. The van der Waals surface area contributed by atoms with Crippen LogP contribution in [-0.4, -0.2) is 110 Å². The molecule has 0 atom stereocenters.